The highest BCUT2D eigenvalue weighted by atomic mass is 19.4. The minimum Gasteiger partial charge on any atom is -0.357 e. The predicted octanol–water partition coefficient (Wildman–Crippen LogP) is 4.56. The number of halogens is 4. The number of hydrogen-bond acceptors (Lipinski definition) is 1. The summed E-state index contributed by atoms with van der Waals surface area (Å²) in [6.45, 7) is 0.535. The van der Waals surface area contributed by atoms with Gasteiger partial charge in [-0.15, -0.1) is 0 Å². The Balaban J connectivity index is 1.91. The molecule has 1 aliphatic heterocycles. The second-order valence-corrected chi connectivity index (χ2v) is 5.93. The molecule has 24 heavy (non-hydrogen) atoms. The summed E-state index contributed by atoms with van der Waals surface area (Å²) in [5.74, 6) is -0.352. The van der Waals surface area contributed by atoms with Crippen molar-refractivity contribution < 1.29 is 17.6 Å². The van der Waals surface area contributed by atoms with Gasteiger partial charge in [0.25, 0.3) is 0 Å². The third-order valence-corrected chi connectivity index (χ3v) is 4.49. The molecule has 0 amide bonds. The van der Waals surface area contributed by atoms with Crippen LogP contribution in [0.1, 0.15) is 28.4 Å². The van der Waals surface area contributed by atoms with Crippen molar-refractivity contribution in [1.82, 2.24) is 10.3 Å². The van der Waals surface area contributed by atoms with Crippen molar-refractivity contribution in [3.05, 3.63) is 70.7 Å². The summed E-state index contributed by atoms with van der Waals surface area (Å²) >= 11 is 0. The van der Waals surface area contributed by atoms with Crippen LogP contribution in [-0.4, -0.2) is 11.5 Å². The van der Waals surface area contributed by atoms with Gasteiger partial charge in [-0.05, 0) is 41.8 Å². The number of H-pyrrole nitrogens is 1. The van der Waals surface area contributed by atoms with Crippen molar-refractivity contribution in [1.29, 1.82) is 0 Å². The van der Waals surface area contributed by atoms with E-state index in [1.54, 1.807) is 12.1 Å². The molecule has 0 bridgehead atoms. The molecule has 2 heterocycles. The first-order valence-corrected chi connectivity index (χ1v) is 7.64. The number of hydrogen-bond donors (Lipinski definition) is 2. The van der Waals surface area contributed by atoms with Crippen LogP contribution < -0.4 is 5.32 Å². The van der Waals surface area contributed by atoms with Crippen molar-refractivity contribution in [2.45, 2.75) is 18.6 Å². The Bertz CT molecular complexity index is 911. The number of benzene rings is 2. The lowest BCUT2D eigenvalue weighted by molar-refractivity contribution is -0.138. The van der Waals surface area contributed by atoms with Crippen molar-refractivity contribution in [3.63, 3.8) is 0 Å². The largest absolute Gasteiger partial charge is 0.416 e. The number of nitrogens with one attached hydrogen (secondary N) is 2. The lowest BCUT2D eigenvalue weighted by Crippen LogP contribution is -2.32. The van der Waals surface area contributed by atoms with Crippen LogP contribution >= 0.6 is 0 Å². The molecule has 0 spiro atoms. The molecule has 0 saturated heterocycles. The van der Waals surface area contributed by atoms with Gasteiger partial charge in [0.05, 0.1) is 11.6 Å². The van der Waals surface area contributed by atoms with Crippen LogP contribution in [0.5, 0.6) is 0 Å². The van der Waals surface area contributed by atoms with Crippen LogP contribution in [-0.2, 0) is 12.6 Å². The monoisotopic (exact) mass is 334 g/mol. The summed E-state index contributed by atoms with van der Waals surface area (Å²) in [7, 11) is 0. The highest BCUT2D eigenvalue weighted by Gasteiger charge is 2.37. The van der Waals surface area contributed by atoms with Gasteiger partial charge in [0.15, 0.2) is 0 Å². The van der Waals surface area contributed by atoms with E-state index in [9.17, 15) is 17.6 Å². The van der Waals surface area contributed by atoms with Gasteiger partial charge in [-0.3, -0.25) is 0 Å². The van der Waals surface area contributed by atoms with Gasteiger partial charge in [-0.2, -0.15) is 13.2 Å². The van der Waals surface area contributed by atoms with E-state index in [0.29, 0.717) is 18.7 Å². The molecule has 124 valence electrons. The van der Waals surface area contributed by atoms with Crippen LogP contribution in [0.3, 0.4) is 0 Å². The molecule has 1 aliphatic rings. The minimum atomic E-state index is -4.42. The normalized spacial score (nSPS) is 17.9. The minimum absolute atomic E-state index is 0.179. The van der Waals surface area contributed by atoms with E-state index in [1.165, 1.54) is 24.3 Å². The maximum absolute atomic E-state index is 13.5. The molecule has 1 aromatic heterocycles. The fraction of sp³-hybridized carbons (Fsp3) is 0.222. The predicted molar refractivity (Wildman–Crippen MR) is 83.3 cm³/mol. The molecule has 4 rings (SSSR count). The molecule has 0 radical (unpaired) electrons. The summed E-state index contributed by atoms with van der Waals surface area (Å²) in [6, 6.07) is 9.37. The molecule has 1 unspecified atom stereocenters. The Morgan fingerprint density at radius 3 is 2.62 bits per heavy atom. The van der Waals surface area contributed by atoms with Crippen LogP contribution in [0.4, 0.5) is 17.6 Å². The third kappa shape index (κ3) is 2.38. The molecule has 0 saturated carbocycles. The number of rotatable bonds is 1. The number of fused-ring (bicyclic) bond motifs is 3. The van der Waals surface area contributed by atoms with Crippen molar-refractivity contribution in [3.8, 4) is 0 Å². The van der Waals surface area contributed by atoms with Gasteiger partial charge in [-0.25, -0.2) is 4.39 Å². The zero-order valence-corrected chi connectivity index (χ0v) is 12.5. The number of aromatic nitrogens is 1. The number of alkyl halides is 3. The molecule has 2 N–H and O–H groups in total. The molecular weight excluding hydrogens is 320 g/mol. The lowest BCUT2D eigenvalue weighted by Gasteiger charge is -2.27. The van der Waals surface area contributed by atoms with Crippen molar-refractivity contribution in [2.24, 2.45) is 0 Å². The lowest BCUT2D eigenvalue weighted by atomic mass is 9.91. The topological polar surface area (TPSA) is 27.8 Å². The SMILES string of the molecule is Fc1ccc2[nH]c3c(c2c1)CCNC3c1ccccc1C(F)(F)F. The van der Waals surface area contributed by atoms with Crippen LogP contribution in [0.25, 0.3) is 10.9 Å². The molecule has 3 aromatic rings. The molecule has 6 heteroatoms. The summed E-state index contributed by atoms with van der Waals surface area (Å²) in [6.07, 6.45) is -3.78. The highest BCUT2D eigenvalue weighted by Crippen LogP contribution is 2.39. The highest BCUT2D eigenvalue weighted by molar-refractivity contribution is 5.85. The second-order valence-electron chi connectivity index (χ2n) is 5.93. The number of aromatic amines is 1. The average molecular weight is 334 g/mol. The van der Waals surface area contributed by atoms with E-state index in [-0.39, 0.29) is 11.4 Å². The van der Waals surface area contributed by atoms with E-state index in [4.69, 9.17) is 0 Å². The summed E-state index contributed by atoms with van der Waals surface area (Å²) < 4.78 is 53.6. The maximum Gasteiger partial charge on any atom is 0.416 e. The Labute approximate surface area is 135 Å². The van der Waals surface area contributed by atoms with E-state index < -0.39 is 17.8 Å². The van der Waals surface area contributed by atoms with E-state index >= 15 is 0 Å². The molecule has 2 nitrogen and oxygen atoms in total. The summed E-state index contributed by atoms with van der Waals surface area (Å²) in [4.78, 5) is 3.17. The van der Waals surface area contributed by atoms with Gasteiger partial charge >= 0.3 is 6.18 Å². The van der Waals surface area contributed by atoms with Gasteiger partial charge in [-0.1, -0.05) is 18.2 Å². The van der Waals surface area contributed by atoms with E-state index in [2.05, 4.69) is 10.3 Å². The quantitative estimate of drug-likeness (QED) is 0.627. The van der Waals surface area contributed by atoms with Gasteiger partial charge in [0.1, 0.15) is 5.82 Å². The molecule has 1 atom stereocenters. The Morgan fingerprint density at radius 2 is 1.83 bits per heavy atom. The van der Waals surface area contributed by atoms with Crippen LogP contribution in [0.2, 0.25) is 0 Å². The maximum atomic E-state index is 13.5. The van der Waals surface area contributed by atoms with E-state index in [1.807, 2.05) is 0 Å². The Kier molecular flexibility index (Phi) is 3.38. The molecule has 0 fully saturated rings. The smallest absolute Gasteiger partial charge is 0.357 e. The van der Waals surface area contributed by atoms with Gasteiger partial charge < -0.3 is 10.3 Å². The molecular formula is C18H14F4N2. The van der Waals surface area contributed by atoms with E-state index in [0.717, 1.165) is 22.5 Å². The first-order chi connectivity index (χ1) is 11.4. The Hall–Kier alpha value is -2.34. The Morgan fingerprint density at radius 1 is 1.04 bits per heavy atom. The average Bonchev–Trinajstić information content (AvgIpc) is 2.92. The fourth-order valence-corrected chi connectivity index (χ4v) is 3.47. The van der Waals surface area contributed by atoms with Crippen LogP contribution in [0.15, 0.2) is 42.5 Å². The zero-order chi connectivity index (χ0) is 16.9. The zero-order valence-electron chi connectivity index (χ0n) is 12.5. The molecule has 2 aromatic carbocycles. The molecule has 0 aliphatic carbocycles. The van der Waals surface area contributed by atoms with Crippen molar-refractivity contribution in [2.75, 3.05) is 6.54 Å². The fourth-order valence-electron chi connectivity index (χ4n) is 3.47. The third-order valence-electron chi connectivity index (χ3n) is 4.49. The van der Waals surface area contributed by atoms with Crippen molar-refractivity contribution >= 4 is 10.9 Å². The first-order valence-electron chi connectivity index (χ1n) is 7.64. The second kappa shape index (κ2) is 5.34. The van der Waals surface area contributed by atoms with Crippen LogP contribution in [0, 0.1) is 5.82 Å². The first kappa shape index (κ1) is 15.2. The van der Waals surface area contributed by atoms with Gasteiger partial charge in [0, 0.05) is 23.1 Å². The van der Waals surface area contributed by atoms with Gasteiger partial charge in [0.2, 0.25) is 0 Å². The summed E-state index contributed by atoms with van der Waals surface area (Å²) in [5, 5.41) is 3.89. The summed E-state index contributed by atoms with van der Waals surface area (Å²) in [5.41, 5.74) is 1.82. The standard InChI is InChI=1S/C18H14F4N2/c19-10-5-6-15-13(9-10)11-7-8-23-16(17(11)24-15)12-3-1-2-4-14(12)18(20,21)22/h1-6,9,16,23-24H,7-8H2.